The molecule has 0 atom stereocenters. The van der Waals surface area contributed by atoms with Gasteiger partial charge in [0.1, 0.15) is 0 Å². The van der Waals surface area contributed by atoms with Crippen molar-refractivity contribution in [3.8, 4) is 0 Å². The molecule has 2 aliphatic rings. The molecule has 0 saturated carbocycles. The van der Waals surface area contributed by atoms with Crippen molar-refractivity contribution in [2.45, 2.75) is 39.0 Å². The van der Waals surface area contributed by atoms with Crippen molar-refractivity contribution in [1.82, 2.24) is 9.88 Å². The summed E-state index contributed by atoms with van der Waals surface area (Å²) < 4.78 is 51.3. The summed E-state index contributed by atoms with van der Waals surface area (Å²) in [5, 5.41) is 0. The first kappa shape index (κ1) is 20.4. The van der Waals surface area contributed by atoms with Crippen LogP contribution in [0.25, 0.3) is 0 Å². The predicted octanol–water partition coefficient (Wildman–Crippen LogP) is 3.44. The van der Waals surface area contributed by atoms with Crippen molar-refractivity contribution in [3.05, 3.63) is 42.2 Å². The Morgan fingerprint density at radius 3 is 2.67 bits per heavy atom. The topological polar surface area (TPSA) is 50.3 Å². The van der Waals surface area contributed by atoms with Crippen LogP contribution in [0.5, 0.6) is 0 Å². The van der Waals surface area contributed by atoms with Crippen LogP contribution in [0.1, 0.15) is 37.8 Å². The molecule has 0 bridgehead atoms. The number of rotatable bonds is 7. The number of nitrogens with zero attached hydrogens (tertiary/aromatic N) is 2. The zero-order valence-corrected chi connectivity index (χ0v) is 16.9. The maximum atomic E-state index is 14.1. The first-order valence-corrected chi connectivity index (χ1v) is 11.1. The fourth-order valence-electron chi connectivity index (χ4n) is 4.59. The van der Waals surface area contributed by atoms with Crippen LogP contribution in [0, 0.1) is 10.8 Å². The molecule has 0 amide bonds. The molecule has 4 nitrogen and oxygen atoms in total. The van der Waals surface area contributed by atoms with Gasteiger partial charge in [0.2, 0.25) is 0 Å². The summed E-state index contributed by atoms with van der Waals surface area (Å²) in [7, 11) is -2.83. The van der Waals surface area contributed by atoms with Crippen molar-refractivity contribution in [1.29, 1.82) is 0 Å². The van der Waals surface area contributed by atoms with E-state index < -0.39 is 22.2 Å². The molecular formula is C20H28F2N2O2S. The summed E-state index contributed by atoms with van der Waals surface area (Å²) in [6, 6.07) is 1.54. The van der Waals surface area contributed by atoms with E-state index in [1.807, 2.05) is 0 Å². The molecule has 150 valence electrons. The molecule has 27 heavy (non-hydrogen) atoms. The lowest BCUT2D eigenvalue weighted by atomic mass is 9.85. The van der Waals surface area contributed by atoms with Crippen LogP contribution in [0.15, 0.2) is 31.1 Å². The molecule has 1 spiro atoms. The van der Waals surface area contributed by atoms with Crippen LogP contribution in [-0.2, 0) is 22.2 Å². The summed E-state index contributed by atoms with van der Waals surface area (Å²) >= 11 is 0. The van der Waals surface area contributed by atoms with Gasteiger partial charge in [-0.2, -0.15) is 0 Å². The van der Waals surface area contributed by atoms with E-state index in [1.165, 1.54) is 12.3 Å². The maximum absolute atomic E-state index is 14.1. The van der Waals surface area contributed by atoms with Gasteiger partial charge in [-0.1, -0.05) is 19.9 Å². The van der Waals surface area contributed by atoms with Crippen LogP contribution in [-0.4, -0.2) is 49.4 Å². The number of allylic oxidation sites excluding steroid dienone is 1. The van der Waals surface area contributed by atoms with Crippen LogP contribution >= 0.6 is 0 Å². The van der Waals surface area contributed by atoms with Crippen molar-refractivity contribution in [2.75, 3.05) is 31.1 Å². The zero-order valence-electron chi connectivity index (χ0n) is 16.0. The molecule has 0 aliphatic carbocycles. The van der Waals surface area contributed by atoms with Gasteiger partial charge in [-0.3, -0.25) is 4.98 Å². The molecule has 2 saturated heterocycles. The highest BCUT2D eigenvalue weighted by atomic mass is 32.2. The predicted molar refractivity (Wildman–Crippen MR) is 103 cm³/mol. The average Bonchev–Trinajstić information content (AvgIpc) is 2.87. The number of alkyl halides is 2. The second-order valence-corrected chi connectivity index (χ2v) is 11.2. The molecule has 7 heteroatoms. The van der Waals surface area contributed by atoms with E-state index in [1.54, 1.807) is 12.3 Å². The van der Waals surface area contributed by atoms with E-state index >= 15 is 0 Å². The summed E-state index contributed by atoms with van der Waals surface area (Å²) in [6.07, 6.45) is 5.26. The van der Waals surface area contributed by atoms with Gasteiger partial charge in [-0.05, 0) is 36.4 Å². The monoisotopic (exact) mass is 398 g/mol. The minimum Gasteiger partial charge on any atom is -0.302 e. The number of aromatic nitrogens is 1. The van der Waals surface area contributed by atoms with Crippen LogP contribution < -0.4 is 0 Å². The third-order valence-electron chi connectivity index (χ3n) is 5.52. The highest BCUT2D eigenvalue weighted by molar-refractivity contribution is 7.92. The second-order valence-electron chi connectivity index (χ2n) is 9.11. The summed E-state index contributed by atoms with van der Waals surface area (Å²) in [5.41, 5.74) is 0.544. The van der Waals surface area contributed by atoms with E-state index in [4.69, 9.17) is 0 Å². The summed E-state index contributed by atoms with van der Waals surface area (Å²) in [4.78, 5) is 6.33. The molecule has 3 rings (SSSR count). The van der Waals surface area contributed by atoms with Gasteiger partial charge in [0, 0.05) is 42.9 Å². The van der Waals surface area contributed by atoms with Crippen molar-refractivity contribution in [3.63, 3.8) is 0 Å². The second kappa shape index (κ2) is 6.92. The van der Waals surface area contributed by atoms with Crippen molar-refractivity contribution in [2.24, 2.45) is 10.8 Å². The molecule has 0 aromatic carbocycles. The lowest BCUT2D eigenvalue weighted by Gasteiger charge is -2.38. The lowest BCUT2D eigenvalue weighted by molar-refractivity contribution is -0.00132. The maximum Gasteiger partial charge on any atom is 0.278 e. The number of hydrogen-bond acceptors (Lipinski definition) is 4. The molecule has 0 unspecified atom stereocenters. The van der Waals surface area contributed by atoms with E-state index in [-0.39, 0.29) is 16.4 Å². The Labute approximate surface area is 160 Å². The third-order valence-corrected chi connectivity index (χ3v) is 7.63. The van der Waals surface area contributed by atoms with Gasteiger partial charge < -0.3 is 4.90 Å². The van der Waals surface area contributed by atoms with E-state index in [0.29, 0.717) is 17.9 Å². The van der Waals surface area contributed by atoms with Gasteiger partial charge in [0.15, 0.2) is 9.84 Å². The van der Waals surface area contributed by atoms with E-state index in [9.17, 15) is 17.2 Å². The Morgan fingerprint density at radius 1 is 1.33 bits per heavy atom. The van der Waals surface area contributed by atoms with Crippen molar-refractivity contribution < 1.29 is 17.2 Å². The summed E-state index contributed by atoms with van der Waals surface area (Å²) in [6.45, 7) is 10.1. The number of hydrogen-bond donors (Lipinski definition) is 0. The highest BCUT2D eigenvalue weighted by Crippen LogP contribution is 2.42. The number of likely N-dealkylation sites (tertiary alicyclic amines) is 1. The minimum absolute atomic E-state index is 0.0524. The van der Waals surface area contributed by atoms with Gasteiger partial charge in [0.25, 0.3) is 5.92 Å². The number of halogens is 2. The Balaban J connectivity index is 1.63. The van der Waals surface area contributed by atoms with Crippen LogP contribution in [0.3, 0.4) is 0 Å². The lowest BCUT2D eigenvalue weighted by Crippen LogP contribution is -2.50. The molecule has 1 aromatic heterocycles. The average molecular weight is 399 g/mol. The smallest absolute Gasteiger partial charge is 0.278 e. The third kappa shape index (κ3) is 4.74. The molecule has 2 aliphatic heterocycles. The number of pyridine rings is 1. The van der Waals surface area contributed by atoms with Gasteiger partial charge in [-0.15, -0.1) is 6.58 Å². The van der Waals surface area contributed by atoms with E-state index in [0.717, 1.165) is 31.6 Å². The Hall–Kier alpha value is -1.34. The van der Waals surface area contributed by atoms with Crippen LogP contribution in [0.2, 0.25) is 0 Å². The van der Waals surface area contributed by atoms with E-state index in [2.05, 4.69) is 30.3 Å². The fraction of sp³-hybridized carbons (Fsp3) is 0.650. The molecule has 1 aromatic rings. The Morgan fingerprint density at radius 2 is 2.04 bits per heavy atom. The Kier molecular flexibility index (Phi) is 5.23. The first-order chi connectivity index (χ1) is 12.4. The summed E-state index contributed by atoms with van der Waals surface area (Å²) in [5.74, 6) is -2.34. The highest BCUT2D eigenvalue weighted by Gasteiger charge is 2.52. The zero-order chi connectivity index (χ0) is 19.9. The largest absolute Gasteiger partial charge is 0.302 e. The van der Waals surface area contributed by atoms with Gasteiger partial charge >= 0.3 is 0 Å². The standard InChI is InChI=1S/C20H28F2N2O2S/c1-4-5-20(21,22)17-8-16(10-23-11-17)9-18(2,3)12-24-7-6-19(13-24)14-27(25,26)15-19/h4,8,10-11H,1,5-7,9,12-15H2,2-3H3. The minimum atomic E-state index is -2.95. The molecule has 0 N–H and O–H groups in total. The first-order valence-electron chi connectivity index (χ1n) is 9.30. The number of sulfone groups is 1. The molecule has 2 fully saturated rings. The molecular weight excluding hydrogens is 370 g/mol. The normalized spacial score (nSPS) is 21.9. The SMILES string of the molecule is C=CCC(F)(F)c1cncc(CC(C)(C)CN2CCC3(C2)CS(=O)(=O)C3)c1. The molecule has 0 radical (unpaired) electrons. The van der Waals surface area contributed by atoms with Gasteiger partial charge in [-0.25, -0.2) is 17.2 Å². The molecule has 3 heterocycles. The van der Waals surface area contributed by atoms with Gasteiger partial charge in [0.05, 0.1) is 11.5 Å². The van der Waals surface area contributed by atoms with Crippen molar-refractivity contribution >= 4 is 9.84 Å². The van der Waals surface area contributed by atoms with Crippen LogP contribution in [0.4, 0.5) is 8.78 Å². The fourth-order valence-corrected chi connectivity index (χ4v) is 6.84. The Bertz CT molecular complexity index is 809. The quantitative estimate of drug-likeness (QED) is 0.660.